The number of nitrogens with one attached hydrogen (secondary N) is 1. The fourth-order valence-corrected chi connectivity index (χ4v) is 1.35. The summed E-state index contributed by atoms with van der Waals surface area (Å²) < 4.78 is 9.34. The van der Waals surface area contributed by atoms with E-state index in [1.54, 1.807) is 13.0 Å². The predicted octanol–water partition coefficient (Wildman–Crippen LogP) is 1.30. The number of esters is 2. The minimum Gasteiger partial charge on any atom is -0.469 e. The van der Waals surface area contributed by atoms with Gasteiger partial charge in [0, 0.05) is 13.3 Å². The third-order valence-corrected chi connectivity index (χ3v) is 2.22. The minimum absolute atomic E-state index is 0.146. The number of methoxy groups -OCH3 is 1. The van der Waals surface area contributed by atoms with E-state index in [2.05, 4.69) is 10.1 Å². The van der Waals surface area contributed by atoms with Crippen molar-refractivity contribution in [2.45, 2.75) is 39.5 Å². The number of carbonyl (C=O) groups excluding carboxylic acids is 3. The van der Waals surface area contributed by atoms with Crippen molar-refractivity contribution in [2.75, 3.05) is 13.7 Å². The molecule has 0 aromatic heterocycles. The molecule has 0 spiro atoms. The summed E-state index contributed by atoms with van der Waals surface area (Å²) in [6.07, 6.45) is 3.91. The van der Waals surface area contributed by atoms with Crippen LogP contribution in [0, 0.1) is 0 Å². The molecule has 6 nitrogen and oxygen atoms in total. The molecule has 19 heavy (non-hydrogen) atoms. The van der Waals surface area contributed by atoms with E-state index in [9.17, 15) is 14.4 Å². The first-order valence-corrected chi connectivity index (χ1v) is 6.23. The van der Waals surface area contributed by atoms with E-state index >= 15 is 0 Å². The predicted molar refractivity (Wildman–Crippen MR) is 69.0 cm³/mol. The third-order valence-electron chi connectivity index (χ3n) is 2.22. The van der Waals surface area contributed by atoms with Crippen molar-refractivity contribution in [3.8, 4) is 0 Å². The first-order chi connectivity index (χ1) is 9.01. The van der Waals surface area contributed by atoms with E-state index in [4.69, 9.17) is 4.74 Å². The lowest BCUT2D eigenvalue weighted by Gasteiger charge is -2.07. The number of hydrogen-bond donors (Lipinski definition) is 1. The number of amides is 1. The molecule has 0 aliphatic rings. The van der Waals surface area contributed by atoms with Crippen molar-refractivity contribution < 1.29 is 23.9 Å². The minimum atomic E-state index is -0.550. The van der Waals surface area contributed by atoms with Crippen molar-refractivity contribution in [1.82, 2.24) is 5.32 Å². The van der Waals surface area contributed by atoms with E-state index < -0.39 is 5.97 Å². The SMILES string of the molecule is CCOC(=O)/C(=C\CCCCC(=O)OC)NC(C)=O. The number of carbonyl (C=O) groups is 3. The van der Waals surface area contributed by atoms with Gasteiger partial charge in [-0.3, -0.25) is 9.59 Å². The van der Waals surface area contributed by atoms with Crippen LogP contribution in [-0.2, 0) is 23.9 Å². The fourth-order valence-electron chi connectivity index (χ4n) is 1.35. The van der Waals surface area contributed by atoms with Crippen LogP contribution in [0.1, 0.15) is 39.5 Å². The molecule has 0 saturated heterocycles. The van der Waals surface area contributed by atoms with E-state index in [1.807, 2.05) is 0 Å². The lowest BCUT2D eigenvalue weighted by molar-refractivity contribution is -0.141. The molecular weight excluding hydrogens is 250 g/mol. The summed E-state index contributed by atoms with van der Waals surface area (Å²) in [7, 11) is 1.35. The van der Waals surface area contributed by atoms with Crippen molar-refractivity contribution in [1.29, 1.82) is 0 Å². The molecule has 0 radical (unpaired) electrons. The highest BCUT2D eigenvalue weighted by Gasteiger charge is 2.11. The van der Waals surface area contributed by atoms with Gasteiger partial charge in [0.2, 0.25) is 5.91 Å². The van der Waals surface area contributed by atoms with Crippen LogP contribution in [0.5, 0.6) is 0 Å². The van der Waals surface area contributed by atoms with Crippen LogP contribution in [0.3, 0.4) is 0 Å². The Morgan fingerprint density at radius 2 is 1.89 bits per heavy atom. The van der Waals surface area contributed by atoms with Gasteiger partial charge in [0.15, 0.2) is 0 Å². The van der Waals surface area contributed by atoms with Gasteiger partial charge in [0.25, 0.3) is 0 Å². The molecule has 0 atom stereocenters. The monoisotopic (exact) mass is 271 g/mol. The van der Waals surface area contributed by atoms with Gasteiger partial charge in [0.05, 0.1) is 13.7 Å². The van der Waals surface area contributed by atoms with Gasteiger partial charge in [0.1, 0.15) is 5.70 Å². The van der Waals surface area contributed by atoms with Crippen molar-refractivity contribution >= 4 is 17.8 Å². The molecule has 1 N–H and O–H groups in total. The third kappa shape index (κ3) is 8.82. The smallest absolute Gasteiger partial charge is 0.354 e. The van der Waals surface area contributed by atoms with Gasteiger partial charge in [-0.15, -0.1) is 0 Å². The first-order valence-electron chi connectivity index (χ1n) is 6.23. The van der Waals surface area contributed by atoms with Crippen LogP contribution in [0.15, 0.2) is 11.8 Å². The average Bonchev–Trinajstić information content (AvgIpc) is 2.36. The maximum Gasteiger partial charge on any atom is 0.354 e. The van der Waals surface area contributed by atoms with Crippen LogP contribution in [-0.4, -0.2) is 31.6 Å². The van der Waals surface area contributed by atoms with Crippen LogP contribution in [0.4, 0.5) is 0 Å². The highest BCUT2D eigenvalue weighted by molar-refractivity contribution is 5.93. The summed E-state index contributed by atoms with van der Waals surface area (Å²) in [6, 6.07) is 0. The van der Waals surface area contributed by atoms with E-state index in [0.717, 1.165) is 6.42 Å². The fraction of sp³-hybridized carbons (Fsp3) is 0.615. The Morgan fingerprint density at radius 1 is 1.21 bits per heavy atom. The molecule has 0 rings (SSSR count). The standard InChI is InChI=1S/C13H21NO5/c1-4-19-13(17)11(14-10(2)15)8-6-5-7-9-12(16)18-3/h8H,4-7,9H2,1-3H3,(H,14,15)/b11-8+. The molecule has 0 heterocycles. The number of ether oxygens (including phenoxy) is 2. The summed E-state index contributed by atoms with van der Waals surface area (Å²) in [5, 5.41) is 2.43. The van der Waals surface area contributed by atoms with Gasteiger partial charge < -0.3 is 14.8 Å². The number of hydrogen-bond acceptors (Lipinski definition) is 5. The van der Waals surface area contributed by atoms with E-state index in [0.29, 0.717) is 19.3 Å². The van der Waals surface area contributed by atoms with Gasteiger partial charge in [-0.2, -0.15) is 0 Å². The summed E-state index contributed by atoms with van der Waals surface area (Å²) in [5.74, 6) is -1.13. The molecule has 108 valence electrons. The maximum atomic E-state index is 11.5. The van der Waals surface area contributed by atoms with Crippen LogP contribution in [0.2, 0.25) is 0 Å². The van der Waals surface area contributed by atoms with Crippen molar-refractivity contribution in [3.05, 3.63) is 11.8 Å². The first kappa shape index (κ1) is 17.2. The molecule has 0 fully saturated rings. The van der Waals surface area contributed by atoms with Gasteiger partial charge >= 0.3 is 11.9 Å². The largest absolute Gasteiger partial charge is 0.469 e. The molecule has 0 aliphatic heterocycles. The van der Waals surface area contributed by atoms with Crippen molar-refractivity contribution in [3.63, 3.8) is 0 Å². The zero-order chi connectivity index (χ0) is 14.7. The number of rotatable bonds is 8. The number of allylic oxidation sites excluding steroid dienone is 1. The Kier molecular flexibility index (Phi) is 9.12. The van der Waals surface area contributed by atoms with Crippen LogP contribution < -0.4 is 5.32 Å². The zero-order valence-electron chi connectivity index (χ0n) is 11.7. The molecule has 0 aromatic rings. The Balaban J connectivity index is 4.20. The molecule has 0 aromatic carbocycles. The molecule has 1 amide bonds. The zero-order valence-corrected chi connectivity index (χ0v) is 11.7. The quantitative estimate of drug-likeness (QED) is 0.409. The molecule has 0 bridgehead atoms. The summed E-state index contributed by atoms with van der Waals surface area (Å²) in [4.78, 5) is 33.4. The Bertz CT molecular complexity index is 349. The van der Waals surface area contributed by atoms with E-state index in [-0.39, 0.29) is 24.2 Å². The van der Waals surface area contributed by atoms with E-state index in [1.165, 1.54) is 14.0 Å². The number of unbranched alkanes of at least 4 members (excludes halogenated alkanes) is 2. The Labute approximate surface area is 113 Å². The second-order valence-corrected chi connectivity index (χ2v) is 3.84. The summed E-state index contributed by atoms with van der Waals surface area (Å²) in [5.41, 5.74) is 0.146. The Hall–Kier alpha value is -1.85. The molecule has 6 heteroatoms. The second kappa shape index (κ2) is 10.1. The molecule has 0 aliphatic carbocycles. The molecular formula is C13H21NO5. The lowest BCUT2D eigenvalue weighted by Crippen LogP contribution is -2.26. The van der Waals surface area contributed by atoms with Gasteiger partial charge in [-0.05, 0) is 26.2 Å². The molecule has 0 saturated carbocycles. The van der Waals surface area contributed by atoms with Gasteiger partial charge in [-0.25, -0.2) is 4.79 Å². The normalized spacial score (nSPS) is 10.8. The summed E-state index contributed by atoms with van der Waals surface area (Å²) in [6.45, 7) is 3.27. The van der Waals surface area contributed by atoms with Gasteiger partial charge in [-0.1, -0.05) is 6.08 Å². The molecule has 0 unspecified atom stereocenters. The maximum absolute atomic E-state index is 11.5. The second-order valence-electron chi connectivity index (χ2n) is 3.84. The van der Waals surface area contributed by atoms with Crippen molar-refractivity contribution in [2.24, 2.45) is 0 Å². The summed E-state index contributed by atoms with van der Waals surface area (Å²) >= 11 is 0. The lowest BCUT2D eigenvalue weighted by atomic mass is 10.1. The highest BCUT2D eigenvalue weighted by atomic mass is 16.5. The van der Waals surface area contributed by atoms with Crippen LogP contribution >= 0.6 is 0 Å². The average molecular weight is 271 g/mol. The Morgan fingerprint density at radius 3 is 2.42 bits per heavy atom. The topological polar surface area (TPSA) is 81.7 Å². The highest BCUT2D eigenvalue weighted by Crippen LogP contribution is 2.05. The van der Waals surface area contributed by atoms with Crippen LogP contribution in [0.25, 0.3) is 0 Å².